The number of benzene rings is 1. The van der Waals surface area contributed by atoms with Crippen LogP contribution in [-0.2, 0) is 16.6 Å². The second-order valence-corrected chi connectivity index (χ2v) is 5.65. The van der Waals surface area contributed by atoms with E-state index in [1.165, 1.54) is 6.07 Å². The summed E-state index contributed by atoms with van der Waals surface area (Å²) >= 11 is 5.76. The molecule has 19 heavy (non-hydrogen) atoms. The number of hydrogen-bond acceptors (Lipinski definition) is 3. The van der Waals surface area contributed by atoms with E-state index in [1.54, 1.807) is 36.4 Å². The van der Waals surface area contributed by atoms with Crippen molar-refractivity contribution in [3.8, 4) is 0 Å². The smallest absolute Gasteiger partial charge is 0.354 e. The molecule has 1 heterocycles. The van der Waals surface area contributed by atoms with Crippen LogP contribution in [0.5, 0.6) is 0 Å². The monoisotopic (exact) mass is 295 g/mol. The van der Waals surface area contributed by atoms with Crippen molar-refractivity contribution in [2.24, 2.45) is 0 Å². The minimum Gasteiger partial charge on any atom is -0.477 e. The molecule has 2 rings (SSSR count). The Morgan fingerprint density at radius 1 is 1.21 bits per heavy atom. The van der Waals surface area contributed by atoms with E-state index in [0.717, 1.165) is 0 Å². The standard InChI is InChI=1S/C13H10ClNO3S/c14-9-4-6-11(7-5-9)19(18)8-10-2-1-3-12(15-10)13(16)17/h1-7H,8H2,(H,16,17). The van der Waals surface area contributed by atoms with Crippen molar-refractivity contribution in [1.29, 1.82) is 0 Å². The number of carbonyl (C=O) groups is 1. The summed E-state index contributed by atoms with van der Waals surface area (Å²) in [6, 6.07) is 11.3. The average molecular weight is 296 g/mol. The minimum absolute atomic E-state index is 0.0504. The van der Waals surface area contributed by atoms with Gasteiger partial charge in [-0.2, -0.15) is 0 Å². The van der Waals surface area contributed by atoms with Crippen LogP contribution < -0.4 is 0 Å². The first-order valence-corrected chi connectivity index (χ1v) is 7.09. The summed E-state index contributed by atoms with van der Waals surface area (Å²) in [5.41, 5.74) is 0.429. The van der Waals surface area contributed by atoms with Crippen molar-refractivity contribution in [3.05, 3.63) is 58.9 Å². The van der Waals surface area contributed by atoms with Crippen molar-refractivity contribution in [1.82, 2.24) is 4.98 Å². The van der Waals surface area contributed by atoms with Crippen LogP contribution in [0.4, 0.5) is 0 Å². The molecule has 2 aromatic rings. The average Bonchev–Trinajstić information content (AvgIpc) is 2.39. The van der Waals surface area contributed by atoms with Crippen LogP contribution >= 0.6 is 11.6 Å². The molecule has 98 valence electrons. The second-order valence-electron chi connectivity index (χ2n) is 3.76. The second kappa shape index (κ2) is 5.95. The van der Waals surface area contributed by atoms with Crippen LogP contribution in [0.1, 0.15) is 16.2 Å². The zero-order valence-corrected chi connectivity index (χ0v) is 11.3. The van der Waals surface area contributed by atoms with Crippen LogP contribution in [0.15, 0.2) is 47.4 Å². The molecule has 0 amide bonds. The van der Waals surface area contributed by atoms with Crippen LogP contribution in [0, 0.1) is 0 Å². The maximum Gasteiger partial charge on any atom is 0.354 e. The Kier molecular flexibility index (Phi) is 4.29. The van der Waals surface area contributed by atoms with Crippen LogP contribution in [0.25, 0.3) is 0 Å². The van der Waals surface area contributed by atoms with E-state index in [-0.39, 0.29) is 11.4 Å². The highest BCUT2D eigenvalue weighted by Gasteiger charge is 2.09. The van der Waals surface area contributed by atoms with Gasteiger partial charge in [-0.05, 0) is 36.4 Å². The Balaban J connectivity index is 2.17. The summed E-state index contributed by atoms with van der Waals surface area (Å²) in [6.07, 6.45) is 0. The molecule has 0 saturated carbocycles. The Labute approximate surface area is 117 Å². The van der Waals surface area contributed by atoms with Crippen molar-refractivity contribution < 1.29 is 14.1 Å². The summed E-state index contributed by atoms with van der Waals surface area (Å²) in [6.45, 7) is 0. The number of aromatic nitrogens is 1. The lowest BCUT2D eigenvalue weighted by Gasteiger charge is -2.03. The van der Waals surface area contributed by atoms with Gasteiger partial charge in [0, 0.05) is 9.92 Å². The van der Waals surface area contributed by atoms with Gasteiger partial charge in [0.05, 0.1) is 22.2 Å². The lowest BCUT2D eigenvalue weighted by atomic mass is 10.3. The molecule has 0 aliphatic heterocycles. The van der Waals surface area contributed by atoms with Gasteiger partial charge in [0.15, 0.2) is 0 Å². The van der Waals surface area contributed by atoms with Gasteiger partial charge in [-0.1, -0.05) is 17.7 Å². The molecule has 1 N–H and O–H groups in total. The van der Waals surface area contributed by atoms with Gasteiger partial charge in [-0.15, -0.1) is 0 Å². The van der Waals surface area contributed by atoms with Gasteiger partial charge < -0.3 is 5.11 Å². The SMILES string of the molecule is O=C(O)c1cccc(CS(=O)c2ccc(Cl)cc2)n1. The fourth-order valence-electron chi connectivity index (χ4n) is 1.48. The van der Waals surface area contributed by atoms with Gasteiger partial charge in [-0.3, -0.25) is 4.21 Å². The van der Waals surface area contributed by atoms with Crippen LogP contribution in [0.2, 0.25) is 5.02 Å². The molecule has 0 fully saturated rings. The van der Waals surface area contributed by atoms with Gasteiger partial charge >= 0.3 is 5.97 Å². The normalized spacial score (nSPS) is 12.1. The predicted octanol–water partition coefficient (Wildman–Crippen LogP) is 2.74. The molecule has 0 aliphatic carbocycles. The van der Waals surface area contributed by atoms with E-state index in [2.05, 4.69) is 4.98 Å². The number of rotatable bonds is 4. The molecular formula is C13H10ClNO3S. The number of hydrogen-bond donors (Lipinski definition) is 1. The Morgan fingerprint density at radius 3 is 2.53 bits per heavy atom. The lowest BCUT2D eigenvalue weighted by Crippen LogP contribution is -2.04. The molecule has 0 spiro atoms. The number of carboxylic acid groups (broad SMARTS) is 1. The molecule has 1 atom stereocenters. The van der Waals surface area contributed by atoms with Gasteiger partial charge in [0.25, 0.3) is 0 Å². The third-order valence-electron chi connectivity index (χ3n) is 2.38. The number of halogens is 1. The molecule has 0 aliphatic rings. The summed E-state index contributed by atoms with van der Waals surface area (Å²) in [7, 11) is -1.28. The number of aromatic carboxylic acids is 1. The zero-order chi connectivity index (χ0) is 13.8. The van der Waals surface area contributed by atoms with Gasteiger partial charge in [0.2, 0.25) is 0 Å². The van der Waals surface area contributed by atoms with Crippen molar-refractivity contribution in [3.63, 3.8) is 0 Å². The molecule has 0 bridgehead atoms. The van der Waals surface area contributed by atoms with E-state index < -0.39 is 16.8 Å². The molecule has 4 nitrogen and oxygen atoms in total. The molecule has 1 unspecified atom stereocenters. The van der Waals surface area contributed by atoms with E-state index in [0.29, 0.717) is 15.6 Å². The largest absolute Gasteiger partial charge is 0.477 e. The van der Waals surface area contributed by atoms with Crippen molar-refractivity contribution in [2.75, 3.05) is 0 Å². The fourth-order valence-corrected chi connectivity index (χ4v) is 2.64. The van der Waals surface area contributed by atoms with Crippen molar-refractivity contribution in [2.45, 2.75) is 10.6 Å². The molecule has 1 aromatic carbocycles. The Hall–Kier alpha value is -1.72. The lowest BCUT2D eigenvalue weighted by molar-refractivity contribution is 0.0690. The van der Waals surface area contributed by atoms with E-state index in [4.69, 9.17) is 16.7 Å². The van der Waals surface area contributed by atoms with Gasteiger partial charge in [-0.25, -0.2) is 9.78 Å². The van der Waals surface area contributed by atoms with Crippen LogP contribution in [-0.4, -0.2) is 20.3 Å². The third kappa shape index (κ3) is 3.62. The van der Waals surface area contributed by atoms with E-state index in [1.807, 2.05) is 0 Å². The summed E-state index contributed by atoms with van der Waals surface area (Å²) in [4.78, 5) is 15.4. The fraction of sp³-hybridized carbons (Fsp3) is 0.0769. The topological polar surface area (TPSA) is 67.3 Å². The number of nitrogens with zero attached hydrogens (tertiary/aromatic N) is 1. The first kappa shape index (κ1) is 13.7. The zero-order valence-electron chi connectivity index (χ0n) is 9.75. The van der Waals surface area contributed by atoms with Crippen molar-refractivity contribution >= 4 is 28.4 Å². The predicted molar refractivity (Wildman–Crippen MR) is 72.8 cm³/mol. The highest BCUT2D eigenvalue weighted by molar-refractivity contribution is 7.84. The Morgan fingerprint density at radius 2 is 1.89 bits per heavy atom. The molecule has 0 saturated heterocycles. The van der Waals surface area contributed by atoms with Crippen LogP contribution in [0.3, 0.4) is 0 Å². The quantitative estimate of drug-likeness (QED) is 0.942. The van der Waals surface area contributed by atoms with Gasteiger partial charge in [0.1, 0.15) is 5.69 Å². The third-order valence-corrected chi connectivity index (χ3v) is 3.99. The minimum atomic E-state index is -1.28. The van der Waals surface area contributed by atoms with E-state index >= 15 is 0 Å². The summed E-state index contributed by atoms with van der Waals surface area (Å²) < 4.78 is 12.1. The highest BCUT2D eigenvalue weighted by atomic mass is 35.5. The molecule has 0 radical (unpaired) electrons. The molecule has 6 heteroatoms. The first-order chi connectivity index (χ1) is 9.06. The summed E-state index contributed by atoms with van der Waals surface area (Å²) in [5, 5.41) is 9.41. The number of carboxylic acids is 1. The number of pyridine rings is 1. The Bertz CT molecular complexity index is 628. The highest BCUT2D eigenvalue weighted by Crippen LogP contribution is 2.15. The molecule has 1 aromatic heterocycles. The molecular weight excluding hydrogens is 286 g/mol. The first-order valence-electron chi connectivity index (χ1n) is 5.39. The maximum atomic E-state index is 12.1. The summed E-state index contributed by atoms with van der Waals surface area (Å²) in [5.74, 6) is -0.929. The van der Waals surface area contributed by atoms with E-state index in [9.17, 15) is 9.00 Å². The maximum absolute atomic E-state index is 12.1.